The van der Waals surface area contributed by atoms with Gasteiger partial charge in [-0.05, 0) is 27.2 Å². The average molecular weight is 282 g/mol. The number of aromatic nitrogens is 2. The Labute approximate surface area is 118 Å². The van der Waals surface area contributed by atoms with Crippen molar-refractivity contribution in [2.75, 3.05) is 13.2 Å². The van der Waals surface area contributed by atoms with Gasteiger partial charge < -0.3 is 19.0 Å². The van der Waals surface area contributed by atoms with Crippen LogP contribution in [0.5, 0.6) is 0 Å². The van der Waals surface area contributed by atoms with Gasteiger partial charge in [-0.25, -0.2) is 15.7 Å². The van der Waals surface area contributed by atoms with Crippen LogP contribution in [0.15, 0.2) is 18.7 Å². The van der Waals surface area contributed by atoms with Crippen LogP contribution in [-0.4, -0.2) is 45.3 Å². The van der Waals surface area contributed by atoms with Gasteiger partial charge in [0.25, 0.3) is 0 Å². The molecule has 20 heavy (non-hydrogen) atoms. The molecule has 0 bridgehead atoms. The molecule has 0 saturated carbocycles. The molecule has 1 amide bonds. The van der Waals surface area contributed by atoms with E-state index in [1.54, 1.807) is 17.4 Å². The summed E-state index contributed by atoms with van der Waals surface area (Å²) in [7, 11) is 0. The van der Waals surface area contributed by atoms with Gasteiger partial charge in [-0.1, -0.05) is 0 Å². The zero-order valence-electron chi connectivity index (χ0n) is 12.2. The van der Waals surface area contributed by atoms with Crippen molar-refractivity contribution < 1.29 is 14.4 Å². The fourth-order valence-corrected chi connectivity index (χ4v) is 2.41. The first-order valence-electron chi connectivity index (χ1n) is 6.69. The summed E-state index contributed by atoms with van der Waals surface area (Å²) in [5.41, 5.74) is -0.516. The van der Waals surface area contributed by atoms with Gasteiger partial charge in [0.2, 0.25) is 0 Å². The summed E-state index contributed by atoms with van der Waals surface area (Å²) in [6.07, 6.45) is 5.81. The van der Waals surface area contributed by atoms with E-state index in [-0.39, 0.29) is 18.2 Å². The highest BCUT2D eigenvalue weighted by Gasteiger charge is 2.38. The van der Waals surface area contributed by atoms with Crippen LogP contribution < -0.4 is 5.90 Å². The molecule has 1 saturated heterocycles. The maximum absolute atomic E-state index is 12.2. The first kappa shape index (κ1) is 14.8. The normalized spacial score (nSPS) is 23.1. The fourth-order valence-electron chi connectivity index (χ4n) is 2.41. The van der Waals surface area contributed by atoms with Gasteiger partial charge in [-0.3, -0.25) is 0 Å². The fraction of sp³-hybridized carbons (Fsp3) is 0.692. The van der Waals surface area contributed by atoms with E-state index >= 15 is 0 Å². The van der Waals surface area contributed by atoms with Gasteiger partial charge in [0.05, 0.1) is 25.0 Å². The number of imidazole rings is 1. The summed E-state index contributed by atoms with van der Waals surface area (Å²) in [4.78, 5) is 22.7. The minimum Gasteiger partial charge on any atom is -0.444 e. The number of amides is 1. The standard InChI is InChI=1S/C13H22N4O3/c1-13(2,3)20-12(18)17-7-10(6-11(17)8-19-14)16-5-4-15-9-16/h4-5,9-11H,6-8,14H2,1-3H3/t10-,11+/m0/s1. The number of ether oxygens (including phenoxy) is 1. The maximum atomic E-state index is 12.2. The van der Waals surface area contributed by atoms with E-state index in [0.29, 0.717) is 13.2 Å². The zero-order chi connectivity index (χ0) is 14.8. The van der Waals surface area contributed by atoms with Crippen LogP contribution >= 0.6 is 0 Å². The van der Waals surface area contributed by atoms with Gasteiger partial charge in [0, 0.05) is 18.9 Å². The number of carbonyl (C=O) groups excluding carboxylic acids is 1. The summed E-state index contributed by atoms with van der Waals surface area (Å²) in [6.45, 7) is 6.41. The van der Waals surface area contributed by atoms with Crippen molar-refractivity contribution in [1.29, 1.82) is 0 Å². The molecule has 1 fully saturated rings. The largest absolute Gasteiger partial charge is 0.444 e. The lowest BCUT2D eigenvalue weighted by Crippen LogP contribution is -2.42. The number of nitrogens with zero attached hydrogens (tertiary/aromatic N) is 3. The molecule has 1 aromatic heterocycles. The summed E-state index contributed by atoms with van der Waals surface area (Å²) in [5, 5.41) is 0. The number of likely N-dealkylation sites (tertiary alicyclic amines) is 1. The van der Waals surface area contributed by atoms with Crippen molar-refractivity contribution in [3.8, 4) is 0 Å². The Bertz CT molecular complexity index is 441. The average Bonchev–Trinajstić information content (AvgIpc) is 2.94. The molecular weight excluding hydrogens is 260 g/mol. The first-order valence-corrected chi connectivity index (χ1v) is 6.69. The molecule has 1 aliphatic heterocycles. The predicted molar refractivity (Wildman–Crippen MR) is 72.7 cm³/mol. The van der Waals surface area contributed by atoms with Crippen LogP contribution in [0.25, 0.3) is 0 Å². The topological polar surface area (TPSA) is 82.6 Å². The Hall–Kier alpha value is -1.60. The number of hydrogen-bond acceptors (Lipinski definition) is 5. The monoisotopic (exact) mass is 282 g/mol. The molecule has 2 atom stereocenters. The van der Waals surface area contributed by atoms with Crippen LogP contribution in [0, 0.1) is 0 Å². The molecule has 112 valence electrons. The van der Waals surface area contributed by atoms with Gasteiger partial charge in [0.1, 0.15) is 5.60 Å². The molecule has 7 nitrogen and oxygen atoms in total. The third-order valence-corrected chi connectivity index (χ3v) is 3.26. The summed E-state index contributed by atoms with van der Waals surface area (Å²) >= 11 is 0. The molecule has 2 N–H and O–H groups in total. The molecule has 2 rings (SSSR count). The Kier molecular flexibility index (Phi) is 4.29. The smallest absolute Gasteiger partial charge is 0.410 e. The SMILES string of the molecule is CC(C)(C)OC(=O)N1C[C@@H](n2ccnc2)C[C@@H]1CON. The molecule has 1 aliphatic rings. The molecule has 2 heterocycles. The van der Waals surface area contributed by atoms with Gasteiger partial charge in [0.15, 0.2) is 0 Å². The van der Waals surface area contributed by atoms with E-state index in [1.165, 1.54) is 0 Å². The molecule has 0 aromatic carbocycles. The second-order valence-corrected chi connectivity index (χ2v) is 6.02. The zero-order valence-corrected chi connectivity index (χ0v) is 12.2. The quantitative estimate of drug-likeness (QED) is 0.845. The van der Waals surface area contributed by atoms with Crippen LogP contribution in [0.4, 0.5) is 4.79 Å². The van der Waals surface area contributed by atoms with Crippen molar-refractivity contribution in [3.63, 3.8) is 0 Å². The predicted octanol–water partition coefficient (Wildman–Crippen LogP) is 1.32. The highest BCUT2D eigenvalue weighted by Crippen LogP contribution is 2.28. The van der Waals surface area contributed by atoms with Gasteiger partial charge in [-0.15, -0.1) is 0 Å². The van der Waals surface area contributed by atoms with Gasteiger partial charge in [-0.2, -0.15) is 0 Å². The highest BCUT2D eigenvalue weighted by atomic mass is 16.6. The lowest BCUT2D eigenvalue weighted by Gasteiger charge is -2.28. The lowest BCUT2D eigenvalue weighted by molar-refractivity contribution is 0.0104. The van der Waals surface area contributed by atoms with Crippen LogP contribution in [0.1, 0.15) is 33.2 Å². The van der Waals surface area contributed by atoms with Crippen molar-refractivity contribution >= 4 is 6.09 Å². The Balaban J connectivity index is 2.07. The molecule has 7 heteroatoms. The van der Waals surface area contributed by atoms with Crippen molar-refractivity contribution in [2.24, 2.45) is 5.90 Å². The third-order valence-electron chi connectivity index (χ3n) is 3.26. The summed E-state index contributed by atoms with van der Waals surface area (Å²) in [6, 6.07) is 0.0902. The van der Waals surface area contributed by atoms with E-state index < -0.39 is 5.60 Å². The third kappa shape index (κ3) is 3.49. The summed E-state index contributed by atoms with van der Waals surface area (Å²) in [5.74, 6) is 5.16. The first-order chi connectivity index (χ1) is 9.40. The van der Waals surface area contributed by atoms with E-state index in [9.17, 15) is 4.79 Å². The molecule has 1 aromatic rings. The molecule has 0 radical (unpaired) electrons. The molecule has 0 aliphatic carbocycles. The Morgan fingerprint density at radius 1 is 1.50 bits per heavy atom. The van der Waals surface area contributed by atoms with Crippen LogP contribution in [-0.2, 0) is 9.57 Å². The molecule has 0 spiro atoms. The molecule has 0 unspecified atom stereocenters. The van der Waals surface area contributed by atoms with E-state index in [2.05, 4.69) is 4.98 Å². The number of hydrogen-bond donors (Lipinski definition) is 1. The van der Waals surface area contributed by atoms with E-state index in [0.717, 1.165) is 6.42 Å². The van der Waals surface area contributed by atoms with Crippen LogP contribution in [0.3, 0.4) is 0 Å². The number of carbonyl (C=O) groups is 1. The second-order valence-electron chi connectivity index (χ2n) is 6.02. The van der Waals surface area contributed by atoms with Crippen molar-refractivity contribution in [1.82, 2.24) is 14.5 Å². The Morgan fingerprint density at radius 2 is 2.25 bits per heavy atom. The second kappa shape index (κ2) is 5.80. The van der Waals surface area contributed by atoms with E-state index in [1.807, 2.05) is 31.5 Å². The lowest BCUT2D eigenvalue weighted by atomic mass is 10.2. The van der Waals surface area contributed by atoms with Crippen molar-refractivity contribution in [2.45, 2.75) is 44.9 Å². The van der Waals surface area contributed by atoms with E-state index in [4.69, 9.17) is 15.5 Å². The summed E-state index contributed by atoms with van der Waals surface area (Å²) < 4.78 is 7.42. The number of nitrogens with two attached hydrogens (primary N) is 1. The van der Waals surface area contributed by atoms with Gasteiger partial charge >= 0.3 is 6.09 Å². The minimum atomic E-state index is -0.516. The Morgan fingerprint density at radius 3 is 2.80 bits per heavy atom. The highest BCUT2D eigenvalue weighted by molar-refractivity contribution is 5.69. The van der Waals surface area contributed by atoms with Crippen molar-refractivity contribution in [3.05, 3.63) is 18.7 Å². The van der Waals surface area contributed by atoms with Crippen LogP contribution in [0.2, 0.25) is 0 Å². The molecular formula is C13H22N4O3. The minimum absolute atomic E-state index is 0.0813. The maximum Gasteiger partial charge on any atom is 0.410 e. The number of rotatable bonds is 3.